The number of ether oxygens (including phenoxy) is 2. The number of nitro benzene ring substituents is 1. The lowest BCUT2D eigenvalue weighted by Crippen LogP contribution is -2.22. The SMILES string of the molecule is CCOC(=O)c1ccccc1NC(=O)COC(=O)c1cccc([N+](=O)[O-])c1C. The number of nitrogens with zero attached hydrogens (tertiary/aromatic N) is 1. The van der Waals surface area contributed by atoms with Gasteiger partial charge in [-0.25, -0.2) is 9.59 Å². The van der Waals surface area contributed by atoms with E-state index in [0.717, 1.165) is 0 Å². The van der Waals surface area contributed by atoms with Crippen molar-refractivity contribution in [3.63, 3.8) is 0 Å². The number of rotatable bonds is 7. The van der Waals surface area contributed by atoms with E-state index in [1.165, 1.54) is 37.3 Å². The van der Waals surface area contributed by atoms with E-state index in [1.54, 1.807) is 19.1 Å². The van der Waals surface area contributed by atoms with Crippen LogP contribution in [0.25, 0.3) is 0 Å². The number of nitrogens with one attached hydrogen (secondary N) is 1. The van der Waals surface area contributed by atoms with Crippen molar-refractivity contribution in [2.75, 3.05) is 18.5 Å². The van der Waals surface area contributed by atoms with E-state index in [1.807, 2.05) is 0 Å². The molecule has 28 heavy (non-hydrogen) atoms. The highest BCUT2D eigenvalue weighted by Gasteiger charge is 2.20. The minimum absolute atomic E-state index is 0.00563. The molecule has 0 spiro atoms. The maximum Gasteiger partial charge on any atom is 0.340 e. The molecule has 146 valence electrons. The molecule has 0 bridgehead atoms. The minimum atomic E-state index is -0.866. The van der Waals surface area contributed by atoms with Crippen LogP contribution in [0.3, 0.4) is 0 Å². The van der Waals surface area contributed by atoms with Crippen molar-refractivity contribution >= 4 is 29.2 Å². The topological polar surface area (TPSA) is 125 Å². The van der Waals surface area contributed by atoms with Crippen molar-refractivity contribution < 1.29 is 28.8 Å². The van der Waals surface area contributed by atoms with Gasteiger partial charge in [-0.2, -0.15) is 0 Å². The average molecular weight is 386 g/mol. The van der Waals surface area contributed by atoms with Gasteiger partial charge in [-0.05, 0) is 32.0 Å². The van der Waals surface area contributed by atoms with Gasteiger partial charge < -0.3 is 14.8 Å². The fourth-order valence-electron chi connectivity index (χ4n) is 2.42. The second-order valence-electron chi connectivity index (χ2n) is 5.60. The smallest absolute Gasteiger partial charge is 0.340 e. The lowest BCUT2D eigenvalue weighted by atomic mass is 10.1. The standard InChI is InChI=1S/C19H18N2O7/c1-3-27-19(24)14-7-4-5-9-15(14)20-17(22)11-28-18(23)13-8-6-10-16(12(13)2)21(25)26/h4-10H,3,11H2,1-2H3,(H,20,22). The van der Waals surface area contributed by atoms with Crippen molar-refractivity contribution in [1.29, 1.82) is 0 Å². The highest BCUT2D eigenvalue weighted by molar-refractivity contribution is 6.02. The van der Waals surface area contributed by atoms with E-state index in [2.05, 4.69) is 5.32 Å². The van der Waals surface area contributed by atoms with Crippen LogP contribution in [0.5, 0.6) is 0 Å². The minimum Gasteiger partial charge on any atom is -0.462 e. The van der Waals surface area contributed by atoms with Crippen LogP contribution in [0.1, 0.15) is 33.2 Å². The Morgan fingerprint density at radius 3 is 2.32 bits per heavy atom. The summed E-state index contributed by atoms with van der Waals surface area (Å²) >= 11 is 0. The van der Waals surface area contributed by atoms with Crippen molar-refractivity contribution in [2.24, 2.45) is 0 Å². The Bertz CT molecular complexity index is 924. The van der Waals surface area contributed by atoms with Crippen LogP contribution in [0, 0.1) is 17.0 Å². The second-order valence-corrected chi connectivity index (χ2v) is 5.60. The number of hydrogen-bond acceptors (Lipinski definition) is 7. The molecule has 0 aliphatic heterocycles. The molecular weight excluding hydrogens is 368 g/mol. The molecule has 0 unspecified atom stereocenters. The second kappa shape index (κ2) is 9.26. The largest absolute Gasteiger partial charge is 0.462 e. The number of carbonyl (C=O) groups is 3. The number of hydrogen-bond donors (Lipinski definition) is 1. The van der Waals surface area contributed by atoms with Gasteiger partial charge in [0.1, 0.15) is 0 Å². The molecule has 0 aliphatic carbocycles. The van der Waals surface area contributed by atoms with Crippen molar-refractivity contribution in [3.8, 4) is 0 Å². The third-order valence-electron chi connectivity index (χ3n) is 3.75. The summed E-state index contributed by atoms with van der Waals surface area (Å²) in [6.45, 7) is 2.64. The molecule has 2 aromatic rings. The summed E-state index contributed by atoms with van der Waals surface area (Å²) < 4.78 is 9.85. The number of anilines is 1. The van der Waals surface area contributed by atoms with Gasteiger partial charge in [0.2, 0.25) is 0 Å². The fourth-order valence-corrected chi connectivity index (χ4v) is 2.42. The Kier molecular flexibility index (Phi) is 6.80. The quantitative estimate of drug-likeness (QED) is 0.440. The third-order valence-corrected chi connectivity index (χ3v) is 3.75. The summed E-state index contributed by atoms with van der Waals surface area (Å²) in [4.78, 5) is 46.5. The van der Waals surface area contributed by atoms with Crippen molar-refractivity contribution in [3.05, 3.63) is 69.3 Å². The molecule has 0 aromatic heterocycles. The van der Waals surface area contributed by atoms with Gasteiger partial charge in [-0.15, -0.1) is 0 Å². The highest BCUT2D eigenvalue weighted by atomic mass is 16.6. The monoisotopic (exact) mass is 386 g/mol. The summed E-state index contributed by atoms with van der Waals surface area (Å²) in [6.07, 6.45) is 0. The number of para-hydroxylation sites is 1. The number of benzene rings is 2. The van der Waals surface area contributed by atoms with Crippen LogP contribution in [0.15, 0.2) is 42.5 Å². The Morgan fingerprint density at radius 2 is 1.64 bits per heavy atom. The van der Waals surface area contributed by atoms with Crippen LogP contribution in [-0.4, -0.2) is 36.0 Å². The first kappa shape index (κ1) is 20.6. The summed E-state index contributed by atoms with van der Waals surface area (Å²) in [5.41, 5.74) is 0.300. The molecule has 0 aliphatic rings. The maximum atomic E-state index is 12.2. The molecule has 0 atom stereocenters. The molecule has 0 heterocycles. The van der Waals surface area contributed by atoms with Gasteiger partial charge in [0.25, 0.3) is 11.6 Å². The molecule has 1 amide bonds. The molecule has 1 N–H and O–H groups in total. The fraction of sp³-hybridized carbons (Fsp3) is 0.211. The van der Waals surface area contributed by atoms with E-state index >= 15 is 0 Å². The average Bonchev–Trinajstić information content (AvgIpc) is 2.66. The maximum absolute atomic E-state index is 12.2. The van der Waals surface area contributed by atoms with Gasteiger partial charge in [0.15, 0.2) is 6.61 Å². The number of carbonyl (C=O) groups excluding carboxylic acids is 3. The van der Waals surface area contributed by atoms with Gasteiger partial charge in [-0.3, -0.25) is 14.9 Å². The highest BCUT2D eigenvalue weighted by Crippen LogP contribution is 2.22. The number of amides is 1. The zero-order chi connectivity index (χ0) is 20.7. The molecule has 0 saturated carbocycles. The zero-order valence-corrected chi connectivity index (χ0v) is 15.3. The van der Waals surface area contributed by atoms with E-state index in [9.17, 15) is 24.5 Å². The lowest BCUT2D eigenvalue weighted by molar-refractivity contribution is -0.385. The van der Waals surface area contributed by atoms with Gasteiger partial charge in [0.05, 0.1) is 28.3 Å². The van der Waals surface area contributed by atoms with Gasteiger partial charge in [0, 0.05) is 11.6 Å². The van der Waals surface area contributed by atoms with E-state index in [0.29, 0.717) is 0 Å². The van der Waals surface area contributed by atoms with Crippen molar-refractivity contribution in [2.45, 2.75) is 13.8 Å². The van der Waals surface area contributed by atoms with Gasteiger partial charge >= 0.3 is 11.9 Å². The van der Waals surface area contributed by atoms with E-state index in [4.69, 9.17) is 9.47 Å². The Balaban J connectivity index is 2.04. The van der Waals surface area contributed by atoms with Crippen LogP contribution in [0.4, 0.5) is 11.4 Å². The molecular formula is C19H18N2O7. The van der Waals surface area contributed by atoms with Crippen LogP contribution < -0.4 is 5.32 Å². The molecule has 2 aromatic carbocycles. The predicted molar refractivity (Wildman–Crippen MR) is 99.1 cm³/mol. The summed E-state index contributed by atoms with van der Waals surface area (Å²) in [5, 5.41) is 13.4. The van der Waals surface area contributed by atoms with Crippen molar-refractivity contribution in [1.82, 2.24) is 0 Å². The zero-order valence-electron chi connectivity index (χ0n) is 15.3. The lowest BCUT2D eigenvalue weighted by Gasteiger charge is -2.11. The van der Waals surface area contributed by atoms with Crippen LogP contribution >= 0.6 is 0 Å². The van der Waals surface area contributed by atoms with Crippen LogP contribution in [0.2, 0.25) is 0 Å². The molecule has 2 rings (SSSR count). The first-order valence-corrected chi connectivity index (χ1v) is 8.32. The summed E-state index contributed by atoms with van der Waals surface area (Å²) in [5.74, 6) is -2.13. The molecule has 9 nitrogen and oxygen atoms in total. The normalized spacial score (nSPS) is 10.1. The number of esters is 2. The van der Waals surface area contributed by atoms with E-state index < -0.39 is 29.4 Å². The van der Waals surface area contributed by atoms with Crippen LogP contribution in [-0.2, 0) is 14.3 Å². The first-order chi connectivity index (χ1) is 13.3. The Labute approximate surface area is 160 Å². The Morgan fingerprint density at radius 1 is 1.00 bits per heavy atom. The Hall–Kier alpha value is -3.75. The molecule has 0 radical (unpaired) electrons. The molecule has 9 heteroatoms. The summed E-state index contributed by atoms with van der Waals surface area (Å²) in [7, 11) is 0. The third kappa shape index (κ3) is 4.91. The number of nitro groups is 1. The molecule has 0 fully saturated rings. The predicted octanol–water partition coefficient (Wildman–Crippen LogP) is 2.88. The van der Waals surface area contributed by atoms with E-state index in [-0.39, 0.29) is 34.7 Å². The molecule has 0 saturated heterocycles. The first-order valence-electron chi connectivity index (χ1n) is 8.32. The van der Waals surface area contributed by atoms with Gasteiger partial charge in [-0.1, -0.05) is 18.2 Å². The summed E-state index contributed by atoms with van der Waals surface area (Å²) in [6, 6.07) is 10.2.